The molecule has 30 heavy (non-hydrogen) atoms. The summed E-state index contributed by atoms with van der Waals surface area (Å²) in [6.07, 6.45) is 4.74. The fourth-order valence-electron chi connectivity index (χ4n) is 3.83. The number of carbonyl (C=O) groups is 2. The molecule has 2 aliphatic rings. The zero-order valence-electron chi connectivity index (χ0n) is 16.5. The summed E-state index contributed by atoms with van der Waals surface area (Å²) >= 11 is 0. The van der Waals surface area contributed by atoms with Gasteiger partial charge in [-0.3, -0.25) is 4.79 Å². The Kier molecular flexibility index (Phi) is 5.64. The van der Waals surface area contributed by atoms with Crippen LogP contribution in [0.25, 0.3) is 0 Å². The Bertz CT molecular complexity index is 948. The number of carboxylic acid groups (broad SMARTS) is 1. The number of hydrogen-bond donors (Lipinski definition) is 5. The second-order valence-corrected chi connectivity index (χ2v) is 7.79. The Balaban J connectivity index is 1.55. The molecule has 10 heteroatoms. The molecule has 2 saturated carbocycles. The largest absolute Gasteiger partial charge is 0.465 e. The lowest BCUT2D eigenvalue weighted by Gasteiger charge is -2.32. The monoisotopic (exact) mass is 411 g/mol. The summed E-state index contributed by atoms with van der Waals surface area (Å²) in [5.41, 5.74) is 6.91. The smallest absolute Gasteiger partial charge is 0.404 e. The lowest BCUT2D eigenvalue weighted by molar-refractivity contribution is 0.0995. The highest BCUT2D eigenvalue weighted by molar-refractivity contribution is 5.97. The summed E-state index contributed by atoms with van der Waals surface area (Å²) in [7, 11) is 0. The first kappa shape index (κ1) is 19.9. The van der Waals surface area contributed by atoms with Gasteiger partial charge in [0.05, 0.1) is 11.7 Å². The number of hydrogen-bond acceptors (Lipinski definition) is 7. The maximum atomic E-state index is 11.8. The van der Waals surface area contributed by atoms with Crippen LogP contribution in [0.4, 0.5) is 22.1 Å². The molecular weight excluding hydrogens is 386 g/mol. The second-order valence-electron chi connectivity index (χ2n) is 7.79. The number of carbonyl (C=O) groups excluding carboxylic acids is 1. The number of primary amides is 1. The Hall–Kier alpha value is -3.43. The van der Waals surface area contributed by atoms with Gasteiger partial charge in [-0.25, -0.2) is 9.78 Å². The maximum absolute atomic E-state index is 11.8. The van der Waals surface area contributed by atoms with Gasteiger partial charge < -0.3 is 26.8 Å². The summed E-state index contributed by atoms with van der Waals surface area (Å²) < 4.78 is 0. The van der Waals surface area contributed by atoms with Crippen LogP contribution in [-0.4, -0.2) is 44.4 Å². The molecule has 158 valence electrons. The van der Waals surface area contributed by atoms with Crippen molar-refractivity contribution in [1.29, 1.82) is 0 Å². The topological polar surface area (TPSA) is 155 Å². The molecule has 2 aromatic rings. The van der Waals surface area contributed by atoms with Crippen molar-refractivity contribution in [3.05, 3.63) is 35.7 Å². The first-order chi connectivity index (χ1) is 14.5. The zero-order chi connectivity index (χ0) is 21.1. The zero-order valence-corrected chi connectivity index (χ0v) is 16.5. The number of amides is 2. The molecule has 0 aromatic carbocycles. The van der Waals surface area contributed by atoms with Crippen LogP contribution in [-0.2, 0) is 0 Å². The SMILES string of the molecule is NC(=O)c1nnc(N[C@@H]2CCCC[C@@H]2NC(=O)O)cc1Nc1cccc(C2CC2)n1. The summed E-state index contributed by atoms with van der Waals surface area (Å²) in [6, 6.07) is 7.05. The van der Waals surface area contributed by atoms with E-state index in [0.29, 0.717) is 23.2 Å². The normalized spacial score (nSPS) is 20.9. The van der Waals surface area contributed by atoms with Gasteiger partial charge in [-0.05, 0) is 37.8 Å². The van der Waals surface area contributed by atoms with Gasteiger partial charge in [0.2, 0.25) is 0 Å². The van der Waals surface area contributed by atoms with Gasteiger partial charge in [-0.2, -0.15) is 0 Å². The van der Waals surface area contributed by atoms with Crippen molar-refractivity contribution in [2.45, 2.75) is 56.5 Å². The van der Waals surface area contributed by atoms with Crippen molar-refractivity contribution in [3.8, 4) is 0 Å². The molecule has 6 N–H and O–H groups in total. The van der Waals surface area contributed by atoms with E-state index in [1.165, 1.54) is 0 Å². The van der Waals surface area contributed by atoms with Gasteiger partial charge in [-0.15, -0.1) is 10.2 Å². The van der Waals surface area contributed by atoms with E-state index in [2.05, 4.69) is 31.1 Å². The average molecular weight is 411 g/mol. The van der Waals surface area contributed by atoms with Crippen LogP contribution in [0, 0.1) is 0 Å². The highest BCUT2D eigenvalue weighted by Gasteiger charge is 2.27. The fraction of sp³-hybridized carbons (Fsp3) is 0.450. The van der Waals surface area contributed by atoms with Crippen molar-refractivity contribution < 1.29 is 14.7 Å². The summed E-state index contributed by atoms with van der Waals surface area (Å²) in [4.78, 5) is 27.5. The van der Waals surface area contributed by atoms with Gasteiger partial charge in [0, 0.05) is 23.7 Å². The van der Waals surface area contributed by atoms with Gasteiger partial charge in [0.15, 0.2) is 11.5 Å². The van der Waals surface area contributed by atoms with Gasteiger partial charge in [-0.1, -0.05) is 18.9 Å². The lowest BCUT2D eigenvalue weighted by atomic mass is 9.90. The second kappa shape index (κ2) is 8.52. The van der Waals surface area contributed by atoms with E-state index < -0.39 is 12.0 Å². The molecule has 0 spiro atoms. The average Bonchev–Trinajstić information content (AvgIpc) is 3.55. The van der Waals surface area contributed by atoms with Crippen molar-refractivity contribution in [1.82, 2.24) is 20.5 Å². The molecule has 2 heterocycles. The van der Waals surface area contributed by atoms with Gasteiger partial charge in [0.1, 0.15) is 5.82 Å². The lowest BCUT2D eigenvalue weighted by Crippen LogP contribution is -2.48. The number of pyridine rings is 1. The first-order valence-electron chi connectivity index (χ1n) is 10.2. The minimum Gasteiger partial charge on any atom is -0.465 e. The van der Waals surface area contributed by atoms with Crippen LogP contribution in [0.5, 0.6) is 0 Å². The number of anilines is 3. The molecule has 0 saturated heterocycles. The Morgan fingerprint density at radius 1 is 1.03 bits per heavy atom. The van der Waals surface area contributed by atoms with E-state index in [-0.39, 0.29) is 17.8 Å². The minimum absolute atomic E-state index is 0.0167. The molecule has 2 atom stereocenters. The first-order valence-corrected chi connectivity index (χ1v) is 10.2. The van der Waals surface area contributed by atoms with Crippen molar-refractivity contribution in [3.63, 3.8) is 0 Å². The van der Waals surface area contributed by atoms with Crippen molar-refractivity contribution in [2.24, 2.45) is 5.73 Å². The van der Waals surface area contributed by atoms with E-state index in [1.807, 2.05) is 18.2 Å². The quantitative estimate of drug-likeness (QED) is 0.465. The van der Waals surface area contributed by atoms with Crippen LogP contribution < -0.4 is 21.7 Å². The standard InChI is InChI=1S/C20H25N7O3/c21-19(28)18-15(24-16-7-3-6-12(22-16)11-8-9-11)10-17(26-27-18)23-13-4-1-2-5-14(13)25-20(29)30/h3,6-7,10-11,13-14,25H,1-2,4-5,8-9H2,(H2,21,28)(H,29,30)(H2,22,23,24,26)/t13-,14+/m1/s1. The van der Waals surface area contributed by atoms with E-state index >= 15 is 0 Å². The summed E-state index contributed by atoms with van der Waals surface area (Å²) in [5, 5.41) is 26.1. The molecule has 2 aliphatic carbocycles. The molecule has 2 fully saturated rings. The van der Waals surface area contributed by atoms with E-state index in [9.17, 15) is 9.59 Å². The predicted octanol–water partition coefficient (Wildman–Crippen LogP) is 2.58. The maximum Gasteiger partial charge on any atom is 0.404 e. The molecule has 0 bridgehead atoms. The van der Waals surface area contributed by atoms with Gasteiger partial charge in [0.25, 0.3) is 5.91 Å². The van der Waals surface area contributed by atoms with Crippen molar-refractivity contribution >= 4 is 29.3 Å². The van der Waals surface area contributed by atoms with Crippen LogP contribution >= 0.6 is 0 Å². The number of nitrogens with two attached hydrogens (primary N) is 1. The van der Waals surface area contributed by atoms with E-state index in [1.54, 1.807) is 6.07 Å². The number of rotatable bonds is 7. The molecule has 0 unspecified atom stereocenters. The Labute approximate surface area is 173 Å². The molecule has 2 amide bonds. The Morgan fingerprint density at radius 3 is 2.50 bits per heavy atom. The van der Waals surface area contributed by atoms with Gasteiger partial charge >= 0.3 is 6.09 Å². The third-order valence-corrected chi connectivity index (χ3v) is 5.46. The molecule has 0 aliphatic heterocycles. The molecule has 10 nitrogen and oxygen atoms in total. The van der Waals surface area contributed by atoms with Crippen LogP contribution in [0.2, 0.25) is 0 Å². The van der Waals surface area contributed by atoms with E-state index in [4.69, 9.17) is 10.8 Å². The predicted molar refractivity (Wildman–Crippen MR) is 111 cm³/mol. The molecular formula is C20H25N7O3. The van der Waals surface area contributed by atoms with E-state index in [0.717, 1.165) is 44.2 Å². The third-order valence-electron chi connectivity index (χ3n) is 5.46. The van der Waals surface area contributed by atoms with Crippen LogP contribution in [0.3, 0.4) is 0 Å². The molecule has 4 rings (SSSR count). The fourth-order valence-corrected chi connectivity index (χ4v) is 3.83. The third kappa shape index (κ3) is 4.76. The van der Waals surface area contributed by atoms with Crippen molar-refractivity contribution in [2.75, 3.05) is 10.6 Å². The number of nitrogens with zero attached hydrogens (tertiary/aromatic N) is 3. The highest BCUT2D eigenvalue weighted by atomic mass is 16.4. The molecule has 2 aromatic heterocycles. The minimum atomic E-state index is -1.05. The summed E-state index contributed by atoms with van der Waals surface area (Å²) in [6.45, 7) is 0. The Morgan fingerprint density at radius 2 is 1.80 bits per heavy atom. The highest BCUT2D eigenvalue weighted by Crippen LogP contribution is 2.39. The number of nitrogens with one attached hydrogen (secondary N) is 3. The summed E-state index contributed by atoms with van der Waals surface area (Å²) in [5.74, 6) is 0.840. The molecule has 0 radical (unpaired) electrons. The number of aromatic nitrogens is 3. The van der Waals surface area contributed by atoms with Crippen LogP contribution in [0.1, 0.15) is 60.6 Å². The van der Waals surface area contributed by atoms with Crippen LogP contribution in [0.15, 0.2) is 24.3 Å².